The van der Waals surface area contributed by atoms with E-state index in [1.165, 1.54) is 6.07 Å². The summed E-state index contributed by atoms with van der Waals surface area (Å²) >= 11 is 0. The first-order valence-corrected chi connectivity index (χ1v) is 5.28. The Morgan fingerprint density at radius 3 is 2.76 bits per heavy atom. The largest absolute Gasteiger partial charge is 0.394 e. The summed E-state index contributed by atoms with van der Waals surface area (Å²) in [5.74, 6) is 0. The smallest absolute Gasteiger partial charge is 0.275 e. The second-order valence-electron chi connectivity index (χ2n) is 3.80. The van der Waals surface area contributed by atoms with Crippen molar-refractivity contribution < 1.29 is 19.5 Å². The normalized spacial score (nSPS) is 28.2. The molecular weight excluding hydrogens is 226 g/mol. The lowest BCUT2D eigenvalue weighted by Gasteiger charge is -2.14. The van der Waals surface area contributed by atoms with Gasteiger partial charge in [0.25, 0.3) is 5.69 Å². The van der Waals surface area contributed by atoms with Gasteiger partial charge in [-0.2, -0.15) is 0 Å². The first-order valence-electron chi connectivity index (χ1n) is 5.28. The fourth-order valence-corrected chi connectivity index (χ4v) is 1.95. The second-order valence-corrected chi connectivity index (χ2v) is 3.80. The molecule has 1 heterocycles. The number of benzene rings is 1. The fourth-order valence-electron chi connectivity index (χ4n) is 1.95. The number of nitro benzene ring substituents is 1. The van der Waals surface area contributed by atoms with Crippen LogP contribution in [0.15, 0.2) is 24.3 Å². The van der Waals surface area contributed by atoms with Crippen molar-refractivity contribution in [2.45, 2.75) is 25.4 Å². The standard InChI is InChI=1S/C11H13NO5/c1-7-16-10(6-13)11(17-7)8-4-2-3-5-9(8)12(14)15/h2-5,7,10-11,13H,6H2,1H3/t7-,10+,11+/m1/s1. The van der Waals surface area contributed by atoms with Gasteiger partial charge in [0.05, 0.1) is 17.1 Å². The van der Waals surface area contributed by atoms with Crippen LogP contribution >= 0.6 is 0 Å². The molecular formula is C11H13NO5. The van der Waals surface area contributed by atoms with Gasteiger partial charge < -0.3 is 14.6 Å². The monoisotopic (exact) mass is 239 g/mol. The van der Waals surface area contributed by atoms with Crippen LogP contribution in [-0.4, -0.2) is 29.0 Å². The molecule has 0 radical (unpaired) electrons. The van der Waals surface area contributed by atoms with E-state index in [-0.39, 0.29) is 12.3 Å². The number of para-hydroxylation sites is 1. The molecule has 92 valence electrons. The average Bonchev–Trinajstić information content (AvgIpc) is 2.70. The Bertz CT molecular complexity index is 422. The summed E-state index contributed by atoms with van der Waals surface area (Å²) < 4.78 is 10.8. The Hall–Kier alpha value is -1.50. The molecule has 17 heavy (non-hydrogen) atoms. The zero-order valence-corrected chi connectivity index (χ0v) is 9.28. The number of aliphatic hydroxyl groups excluding tert-OH is 1. The van der Waals surface area contributed by atoms with Crippen LogP contribution in [-0.2, 0) is 9.47 Å². The van der Waals surface area contributed by atoms with E-state index in [0.29, 0.717) is 5.56 Å². The summed E-state index contributed by atoms with van der Waals surface area (Å²) in [7, 11) is 0. The van der Waals surface area contributed by atoms with E-state index in [4.69, 9.17) is 9.47 Å². The number of rotatable bonds is 3. The van der Waals surface area contributed by atoms with Crippen LogP contribution in [0.2, 0.25) is 0 Å². The van der Waals surface area contributed by atoms with Crippen molar-refractivity contribution in [1.29, 1.82) is 0 Å². The van der Waals surface area contributed by atoms with E-state index in [1.54, 1.807) is 25.1 Å². The molecule has 1 aliphatic heterocycles. The molecule has 0 aromatic heterocycles. The quantitative estimate of drug-likeness (QED) is 0.636. The van der Waals surface area contributed by atoms with Gasteiger partial charge >= 0.3 is 0 Å². The summed E-state index contributed by atoms with van der Waals surface area (Å²) in [6.45, 7) is 1.46. The van der Waals surface area contributed by atoms with Crippen molar-refractivity contribution in [3.8, 4) is 0 Å². The third-order valence-electron chi connectivity index (χ3n) is 2.66. The van der Waals surface area contributed by atoms with Gasteiger partial charge in [0, 0.05) is 6.07 Å². The van der Waals surface area contributed by atoms with Gasteiger partial charge in [-0.05, 0) is 13.0 Å². The number of aliphatic hydroxyl groups is 1. The minimum absolute atomic E-state index is 0.0198. The highest BCUT2D eigenvalue weighted by molar-refractivity contribution is 5.42. The van der Waals surface area contributed by atoms with Crippen LogP contribution < -0.4 is 0 Å². The lowest BCUT2D eigenvalue weighted by molar-refractivity contribution is -0.386. The van der Waals surface area contributed by atoms with Crippen molar-refractivity contribution in [1.82, 2.24) is 0 Å². The molecule has 1 aromatic carbocycles. The van der Waals surface area contributed by atoms with E-state index in [1.807, 2.05) is 0 Å². The number of nitrogens with zero attached hydrogens (tertiary/aromatic N) is 1. The van der Waals surface area contributed by atoms with Crippen LogP contribution in [0.25, 0.3) is 0 Å². The van der Waals surface area contributed by atoms with Crippen molar-refractivity contribution in [3.63, 3.8) is 0 Å². The zero-order valence-electron chi connectivity index (χ0n) is 9.28. The Balaban J connectivity index is 2.36. The molecule has 1 saturated heterocycles. The number of nitro groups is 1. The highest BCUT2D eigenvalue weighted by Crippen LogP contribution is 2.36. The van der Waals surface area contributed by atoms with Crippen molar-refractivity contribution >= 4 is 5.69 Å². The number of hydrogen-bond acceptors (Lipinski definition) is 5. The molecule has 0 amide bonds. The van der Waals surface area contributed by atoms with Crippen molar-refractivity contribution in [3.05, 3.63) is 39.9 Å². The number of hydrogen-bond donors (Lipinski definition) is 1. The summed E-state index contributed by atoms with van der Waals surface area (Å²) in [4.78, 5) is 10.4. The van der Waals surface area contributed by atoms with Crippen LogP contribution in [0.3, 0.4) is 0 Å². The highest BCUT2D eigenvalue weighted by Gasteiger charge is 2.37. The summed E-state index contributed by atoms with van der Waals surface area (Å²) in [6, 6.07) is 6.32. The summed E-state index contributed by atoms with van der Waals surface area (Å²) in [6.07, 6.45) is -1.64. The zero-order chi connectivity index (χ0) is 12.4. The second kappa shape index (κ2) is 4.79. The average molecular weight is 239 g/mol. The van der Waals surface area contributed by atoms with Gasteiger partial charge in [0.2, 0.25) is 0 Å². The predicted octanol–water partition coefficient (Wildman–Crippen LogP) is 1.39. The van der Waals surface area contributed by atoms with E-state index in [2.05, 4.69) is 0 Å². The van der Waals surface area contributed by atoms with Crippen LogP contribution in [0.5, 0.6) is 0 Å². The molecule has 3 atom stereocenters. The minimum atomic E-state index is -0.600. The van der Waals surface area contributed by atoms with Gasteiger partial charge in [-0.1, -0.05) is 12.1 Å². The number of ether oxygens (including phenoxy) is 2. The molecule has 0 saturated carbocycles. The molecule has 0 bridgehead atoms. The van der Waals surface area contributed by atoms with Gasteiger partial charge in [-0.15, -0.1) is 0 Å². The van der Waals surface area contributed by atoms with Crippen molar-refractivity contribution in [2.24, 2.45) is 0 Å². The maximum absolute atomic E-state index is 10.9. The van der Waals surface area contributed by atoms with Gasteiger partial charge in [-0.3, -0.25) is 10.1 Å². The van der Waals surface area contributed by atoms with Gasteiger partial charge in [0.15, 0.2) is 6.29 Å². The molecule has 6 nitrogen and oxygen atoms in total. The third kappa shape index (κ3) is 2.28. The maximum Gasteiger partial charge on any atom is 0.275 e. The molecule has 1 aromatic rings. The lowest BCUT2D eigenvalue weighted by Crippen LogP contribution is -2.20. The van der Waals surface area contributed by atoms with E-state index in [0.717, 1.165) is 0 Å². The van der Waals surface area contributed by atoms with Crippen LogP contribution in [0.4, 0.5) is 5.69 Å². The third-order valence-corrected chi connectivity index (χ3v) is 2.66. The minimum Gasteiger partial charge on any atom is -0.394 e. The van der Waals surface area contributed by atoms with Crippen LogP contribution in [0.1, 0.15) is 18.6 Å². The topological polar surface area (TPSA) is 81.8 Å². The van der Waals surface area contributed by atoms with Gasteiger partial charge in [-0.25, -0.2) is 0 Å². The van der Waals surface area contributed by atoms with Crippen LogP contribution in [0, 0.1) is 10.1 Å². The molecule has 0 aliphatic carbocycles. The van der Waals surface area contributed by atoms with E-state index >= 15 is 0 Å². The molecule has 2 rings (SSSR count). The molecule has 6 heteroatoms. The molecule has 1 N–H and O–H groups in total. The summed E-state index contributed by atoms with van der Waals surface area (Å²) in [5, 5.41) is 20.1. The molecule has 0 unspecified atom stereocenters. The lowest BCUT2D eigenvalue weighted by atomic mass is 10.0. The van der Waals surface area contributed by atoms with Crippen molar-refractivity contribution in [2.75, 3.05) is 6.61 Å². The molecule has 1 fully saturated rings. The Kier molecular flexibility index (Phi) is 3.37. The SMILES string of the molecule is C[C@@H]1O[C@@H](CO)[C@H](c2ccccc2[N+](=O)[O-])O1. The van der Waals surface area contributed by atoms with Gasteiger partial charge in [0.1, 0.15) is 12.2 Å². The predicted molar refractivity (Wildman–Crippen MR) is 58.3 cm³/mol. The first-order chi connectivity index (χ1) is 8.13. The maximum atomic E-state index is 10.9. The Labute approximate surface area is 97.9 Å². The highest BCUT2D eigenvalue weighted by atomic mass is 16.7. The molecule has 0 spiro atoms. The molecule has 1 aliphatic rings. The van der Waals surface area contributed by atoms with E-state index in [9.17, 15) is 15.2 Å². The Morgan fingerprint density at radius 2 is 2.12 bits per heavy atom. The fraction of sp³-hybridized carbons (Fsp3) is 0.455. The Morgan fingerprint density at radius 1 is 1.41 bits per heavy atom. The summed E-state index contributed by atoms with van der Waals surface area (Å²) in [5.41, 5.74) is 0.412. The first kappa shape index (κ1) is 12.0. The van der Waals surface area contributed by atoms with E-state index < -0.39 is 23.4 Å².